The van der Waals surface area contributed by atoms with Gasteiger partial charge in [-0.25, -0.2) is 0 Å². The van der Waals surface area contributed by atoms with Gasteiger partial charge in [0.05, 0.1) is 9.85 Å². The summed E-state index contributed by atoms with van der Waals surface area (Å²) >= 11 is 0. The van der Waals surface area contributed by atoms with Crippen LogP contribution < -0.4 is 10.9 Å². The summed E-state index contributed by atoms with van der Waals surface area (Å²) in [5.41, 5.74) is -1.73. The Morgan fingerprint density at radius 3 is 1.21 bits per heavy atom. The summed E-state index contributed by atoms with van der Waals surface area (Å²) < 4.78 is 0. The highest BCUT2D eigenvalue weighted by Gasteiger charge is 2.03. The number of nitro groups is 2. The summed E-state index contributed by atoms with van der Waals surface area (Å²) in [5.74, 6) is -0.994. The minimum Gasteiger partial charge on any atom is -0.504 e. The van der Waals surface area contributed by atoms with Crippen molar-refractivity contribution in [3.05, 3.63) is 89.2 Å². The van der Waals surface area contributed by atoms with Gasteiger partial charge in [0.15, 0.2) is 11.5 Å². The zero-order valence-electron chi connectivity index (χ0n) is 11.9. The van der Waals surface area contributed by atoms with Gasteiger partial charge in [0, 0.05) is 24.3 Å². The van der Waals surface area contributed by atoms with Crippen molar-refractivity contribution in [3.8, 4) is 11.5 Å². The van der Waals surface area contributed by atoms with E-state index in [9.17, 15) is 29.8 Å². The molecular weight excluding hydrogens is 324 g/mol. The molecule has 0 bridgehead atoms. The third kappa shape index (κ3) is 5.18. The van der Waals surface area contributed by atoms with Crippen LogP contribution in [0.4, 0.5) is 11.4 Å². The quantitative estimate of drug-likeness (QED) is 0.614. The normalized spacial score (nSPS) is 9.33. The van der Waals surface area contributed by atoms with Crippen LogP contribution in [0.1, 0.15) is 0 Å². The van der Waals surface area contributed by atoms with Crippen molar-refractivity contribution in [1.82, 2.24) is 0 Å². The molecule has 0 saturated carbocycles. The zero-order chi connectivity index (χ0) is 18.3. The molecule has 0 aliphatic heterocycles. The Morgan fingerprint density at radius 2 is 0.917 bits per heavy atom. The summed E-state index contributed by atoms with van der Waals surface area (Å²) in [5, 5.41) is 38.1. The van der Waals surface area contributed by atoms with Crippen molar-refractivity contribution in [3.63, 3.8) is 0 Å². The van der Waals surface area contributed by atoms with Crippen LogP contribution in [0.15, 0.2) is 58.1 Å². The minimum absolute atomic E-state index is 0.229. The first-order valence-corrected chi connectivity index (χ1v) is 6.18. The smallest absolute Gasteiger partial charge is 0.269 e. The lowest BCUT2D eigenvalue weighted by Gasteiger charge is -1.81. The van der Waals surface area contributed by atoms with E-state index in [0.29, 0.717) is 0 Å². The maximum absolute atomic E-state index is 10.7. The van der Waals surface area contributed by atoms with Gasteiger partial charge in [-0.05, 0) is 24.3 Å². The minimum atomic E-state index is -0.640. The highest BCUT2D eigenvalue weighted by atomic mass is 16.6. The van der Waals surface area contributed by atoms with E-state index < -0.39 is 32.2 Å². The van der Waals surface area contributed by atoms with Crippen LogP contribution in [0, 0.1) is 20.2 Å². The van der Waals surface area contributed by atoms with Crippen LogP contribution in [-0.2, 0) is 0 Å². The standard InChI is InChI=1S/2C7H5NO4/c2*9-6-3-1-5(8(11)12)2-4-7(6)10/h2*1-4H,(H,9,10). The fourth-order valence-corrected chi connectivity index (χ4v) is 1.34. The number of hydrogen-bond donors (Lipinski definition) is 2. The molecule has 0 amide bonds. The molecule has 0 saturated heterocycles. The van der Waals surface area contributed by atoms with Crippen LogP contribution in [0.25, 0.3) is 0 Å². The zero-order valence-corrected chi connectivity index (χ0v) is 11.9. The van der Waals surface area contributed by atoms with Crippen LogP contribution >= 0.6 is 0 Å². The third-order valence-corrected chi connectivity index (χ3v) is 2.56. The lowest BCUT2D eigenvalue weighted by atomic mass is 10.4. The largest absolute Gasteiger partial charge is 0.504 e. The van der Waals surface area contributed by atoms with Crippen molar-refractivity contribution in [2.24, 2.45) is 0 Å². The molecule has 0 aliphatic rings. The summed E-state index contributed by atoms with van der Waals surface area (Å²) in [6.07, 6.45) is 0. The fraction of sp³-hybridized carbons (Fsp3) is 0. The summed E-state index contributed by atoms with van der Waals surface area (Å²) in [4.78, 5) is 40.5. The van der Waals surface area contributed by atoms with E-state index in [1.807, 2.05) is 0 Å². The average Bonchev–Trinajstić information content (AvgIpc) is 2.79. The highest BCUT2D eigenvalue weighted by molar-refractivity contribution is 5.33. The van der Waals surface area contributed by atoms with Crippen molar-refractivity contribution >= 4 is 11.4 Å². The van der Waals surface area contributed by atoms with Gasteiger partial charge in [-0.3, -0.25) is 29.8 Å². The Bertz CT molecular complexity index is 823. The average molecular weight is 334 g/mol. The first-order chi connectivity index (χ1) is 11.2. The maximum Gasteiger partial charge on any atom is 0.269 e. The molecule has 2 aromatic rings. The predicted molar refractivity (Wildman–Crippen MR) is 82.1 cm³/mol. The number of aromatic hydroxyl groups is 2. The van der Waals surface area contributed by atoms with E-state index in [2.05, 4.69) is 0 Å². The van der Waals surface area contributed by atoms with Gasteiger partial charge < -0.3 is 10.2 Å². The van der Waals surface area contributed by atoms with E-state index in [0.717, 1.165) is 48.5 Å². The number of rotatable bonds is 2. The van der Waals surface area contributed by atoms with Gasteiger partial charge in [0.25, 0.3) is 11.4 Å². The predicted octanol–water partition coefficient (Wildman–Crippen LogP) is 1.32. The SMILES string of the molecule is O=c1ccc([N+](=O)[O-])ccc1O.O=c1ccc([N+](=O)[O-])ccc1O. The third-order valence-electron chi connectivity index (χ3n) is 2.56. The molecule has 10 nitrogen and oxygen atoms in total. The molecule has 124 valence electrons. The summed E-state index contributed by atoms with van der Waals surface area (Å²) in [6, 6.07) is 8.12. The molecule has 10 heteroatoms. The Hall–Kier alpha value is -3.82. The van der Waals surface area contributed by atoms with Gasteiger partial charge in [-0.15, -0.1) is 0 Å². The fourth-order valence-electron chi connectivity index (χ4n) is 1.34. The monoisotopic (exact) mass is 334 g/mol. The molecule has 0 heterocycles. The first kappa shape index (κ1) is 18.2. The molecule has 0 unspecified atom stereocenters. The molecule has 0 aliphatic carbocycles. The van der Waals surface area contributed by atoms with Gasteiger partial charge in [-0.2, -0.15) is 0 Å². The summed E-state index contributed by atoms with van der Waals surface area (Å²) in [7, 11) is 0. The summed E-state index contributed by atoms with van der Waals surface area (Å²) in [6.45, 7) is 0. The molecule has 0 aromatic heterocycles. The van der Waals surface area contributed by atoms with E-state index >= 15 is 0 Å². The second-order valence-electron chi connectivity index (χ2n) is 4.20. The van der Waals surface area contributed by atoms with E-state index in [4.69, 9.17) is 10.2 Å². The Balaban J connectivity index is 0.000000240. The molecule has 0 fully saturated rings. The second kappa shape index (κ2) is 7.98. The van der Waals surface area contributed by atoms with E-state index in [1.54, 1.807) is 0 Å². The van der Waals surface area contributed by atoms with Crippen LogP contribution in [0.5, 0.6) is 11.5 Å². The van der Waals surface area contributed by atoms with Crippen LogP contribution in [-0.4, -0.2) is 20.1 Å². The molecule has 0 spiro atoms. The van der Waals surface area contributed by atoms with E-state index in [-0.39, 0.29) is 11.4 Å². The molecule has 0 radical (unpaired) electrons. The van der Waals surface area contributed by atoms with Gasteiger partial charge in [-0.1, -0.05) is 0 Å². The van der Waals surface area contributed by atoms with Crippen molar-refractivity contribution in [2.75, 3.05) is 0 Å². The van der Waals surface area contributed by atoms with Crippen molar-refractivity contribution in [1.29, 1.82) is 0 Å². The van der Waals surface area contributed by atoms with Crippen LogP contribution in [0.2, 0.25) is 0 Å². The van der Waals surface area contributed by atoms with E-state index in [1.165, 1.54) is 0 Å². The molecule has 2 N–H and O–H groups in total. The number of hydrogen-bond acceptors (Lipinski definition) is 8. The molecular formula is C14H10N2O8. The maximum atomic E-state index is 10.7. The molecule has 24 heavy (non-hydrogen) atoms. The highest BCUT2D eigenvalue weighted by Crippen LogP contribution is 2.09. The van der Waals surface area contributed by atoms with Gasteiger partial charge >= 0.3 is 0 Å². The number of nitrogens with zero attached hydrogens (tertiary/aromatic N) is 2. The molecule has 2 rings (SSSR count). The topological polar surface area (TPSA) is 161 Å². The van der Waals surface area contributed by atoms with Crippen LogP contribution in [0.3, 0.4) is 0 Å². The second-order valence-corrected chi connectivity index (χ2v) is 4.20. The van der Waals surface area contributed by atoms with Crippen molar-refractivity contribution in [2.45, 2.75) is 0 Å². The first-order valence-electron chi connectivity index (χ1n) is 6.18. The van der Waals surface area contributed by atoms with Crippen molar-refractivity contribution < 1.29 is 20.1 Å². The Labute approximate surface area is 133 Å². The molecule has 2 aromatic carbocycles. The lowest BCUT2D eigenvalue weighted by molar-refractivity contribution is -0.385. The van der Waals surface area contributed by atoms with Gasteiger partial charge in [0.2, 0.25) is 10.9 Å². The lowest BCUT2D eigenvalue weighted by Crippen LogP contribution is -1.91. The Morgan fingerprint density at radius 1 is 0.625 bits per heavy atom. The van der Waals surface area contributed by atoms with Gasteiger partial charge in [0.1, 0.15) is 0 Å². The molecule has 0 atom stereocenters. The Kier molecular flexibility index (Phi) is 6.06.